The zero-order valence-corrected chi connectivity index (χ0v) is 12.8. The standard InChI is InChI=1S/C15H24FN3O/c1-10(2)19(5)13-7-6-11(8-12(13)16)18-14(20)9-15(3,4)17/h6-8,10H,9,17H2,1-5H3,(H,18,20). The fourth-order valence-electron chi connectivity index (χ4n) is 1.77. The predicted molar refractivity (Wildman–Crippen MR) is 81.5 cm³/mol. The van der Waals surface area contributed by atoms with Gasteiger partial charge < -0.3 is 16.0 Å². The molecule has 0 bridgehead atoms. The van der Waals surface area contributed by atoms with Gasteiger partial charge in [0.25, 0.3) is 0 Å². The van der Waals surface area contributed by atoms with E-state index < -0.39 is 5.54 Å². The number of hydrogen-bond donors (Lipinski definition) is 2. The molecular formula is C15H24FN3O. The first-order valence-electron chi connectivity index (χ1n) is 6.71. The maximum Gasteiger partial charge on any atom is 0.226 e. The third-order valence-electron chi connectivity index (χ3n) is 3.00. The molecule has 0 aliphatic rings. The van der Waals surface area contributed by atoms with Gasteiger partial charge in [0.2, 0.25) is 5.91 Å². The van der Waals surface area contributed by atoms with Crippen LogP contribution in [0.1, 0.15) is 34.1 Å². The summed E-state index contributed by atoms with van der Waals surface area (Å²) in [6, 6.07) is 4.88. The van der Waals surface area contributed by atoms with E-state index in [1.54, 1.807) is 26.0 Å². The molecule has 1 aromatic carbocycles. The molecule has 1 rings (SSSR count). The monoisotopic (exact) mass is 281 g/mol. The Balaban J connectivity index is 2.80. The molecule has 0 radical (unpaired) electrons. The van der Waals surface area contributed by atoms with Crippen LogP contribution in [0.2, 0.25) is 0 Å². The topological polar surface area (TPSA) is 58.4 Å². The van der Waals surface area contributed by atoms with E-state index in [-0.39, 0.29) is 24.2 Å². The number of nitrogens with two attached hydrogens (primary N) is 1. The SMILES string of the molecule is CC(C)N(C)c1ccc(NC(=O)CC(C)(C)N)cc1F. The molecule has 112 valence electrons. The van der Waals surface area contributed by atoms with Crippen molar-refractivity contribution in [2.24, 2.45) is 5.73 Å². The van der Waals surface area contributed by atoms with E-state index >= 15 is 0 Å². The largest absolute Gasteiger partial charge is 0.370 e. The summed E-state index contributed by atoms with van der Waals surface area (Å²) in [4.78, 5) is 13.6. The van der Waals surface area contributed by atoms with Crippen molar-refractivity contribution in [1.29, 1.82) is 0 Å². The molecule has 5 heteroatoms. The molecule has 0 aromatic heterocycles. The first-order chi connectivity index (χ1) is 9.10. The normalized spacial score (nSPS) is 11.6. The number of benzene rings is 1. The van der Waals surface area contributed by atoms with E-state index in [1.807, 2.05) is 25.8 Å². The molecule has 0 saturated carbocycles. The van der Waals surface area contributed by atoms with Crippen molar-refractivity contribution >= 4 is 17.3 Å². The van der Waals surface area contributed by atoms with Gasteiger partial charge in [0, 0.05) is 30.7 Å². The molecule has 0 saturated heterocycles. The van der Waals surface area contributed by atoms with Crippen LogP contribution in [-0.4, -0.2) is 24.5 Å². The van der Waals surface area contributed by atoms with Gasteiger partial charge in [0.15, 0.2) is 0 Å². The van der Waals surface area contributed by atoms with Crippen molar-refractivity contribution in [1.82, 2.24) is 0 Å². The minimum Gasteiger partial charge on any atom is -0.370 e. The maximum absolute atomic E-state index is 14.0. The second-order valence-electron chi connectivity index (χ2n) is 6.08. The highest BCUT2D eigenvalue weighted by molar-refractivity contribution is 5.91. The summed E-state index contributed by atoms with van der Waals surface area (Å²) in [5, 5.41) is 2.66. The second-order valence-corrected chi connectivity index (χ2v) is 6.08. The zero-order chi connectivity index (χ0) is 15.5. The van der Waals surface area contributed by atoms with Gasteiger partial charge >= 0.3 is 0 Å². The molecule has 0 fully saturated rings. The number of rotatable bonds is 5. The number of carbonyl (C=O) groups excluding carboxylic acids is 1. The quantitative estimate of drug-likeness (QED) is 0.872. The Labute approximate surface area is 120 Å². The zero-order valence-electron chi connectivity index (χ0n) is 12.8. The molecule has 0 heterocycles. The lowest BCUT2D eigenvalue weighted by Crippen LogP contribution is -2.36. The summed E-state index contributed by atoms with van der Waals surface area (Å²) in [5.41, 5.74) is 6.15. The van der Waals surface area contributed by atoms with E-state index in [9.17, 15) is 9.18 Å². The number of carbonyl (C=O) groups is 1. The summed E-state index contributed by atoms with van der Waals surface area (Å²) < 4.78 is 14.0. The minimum atomic E-state index is -0.583. The van der Waals surface area contributed by atoms with Crippen LogP contribution in [0.25, 0.3) is 0 Å². The molecule has 1 amide bonds. The summed E-state index contributed by atoms with van der Waals surface area (Å²) >= 11 is 0. The average molecular weight is 281 g/mol. The van der Waals surface area contributed by atoms with Crippen LogP contribution in [0.15, 0.2) is 18.2 Å². The van der Waals surface area contributed by atoms with E-state index in [4.69, 9.17) is 5.73 Å². The lowest BCUT2D eigenvalue weighted by atomic mass is 10.0. The molecule has 0 aliphatic carbocycles. The van der Waals surface area contributed by atoms with Gasteiger partial charge in [-0.1, -0.05) is 0 Å². The molecule has 1 aromatic rings. The fraction of sp³-hybridized carbons (Fsp3) is 0.533. The van der Waals surface area contributed by atoms with Crippen molar-refractivity contribution in [2.45, 2.75) is 45.7 Å². The average Bonchev–Trinajstić information content (AvgIpc) is 2.25. The third-order valence-corrected chi connectivity index (χ3v) is 3.00. The van der Waals surface area contributed by atoms with Crippen LogP contribution in [-0.2, 0) is 4.79 Å². The Morgan fingerprint density at radius 1 is 1.45 bits per heavy atom. The number of nitrogens with one attached hydrogen (secondary N) is 1. The van der Waals surface area contributed by atoms with Crippen LogP contribution < -0.4 is 16.0 Å². The van der Waals surface area contributed by atoms with Crippen LogP contribution in [0.3, 0.4) is 0 Å². The van der Waals surface area contributed by atoms with E-state index in [2.05, 4.69) is 5.32 Å². The van der Waals surface area contributed by atoms with Gasteiger partial charge in [-0.25, -0.2) is 4.39 Å². The first-order valence-corrected chi connectivity index (χ1v) is 6.71. The summed E-state index contributed by atoms with van der Waals surface area (Å²) in [6.07, 6.45) is 0.183. The smallest absolute Gasteiger partial charge is 0.226 e. The Morgan fingerprint density at radius 3 is 2.50 bits per heavy atom. The van der Waals surface area contributed by atoms with Crippen LogP contribution in [0.5, 0.6) is 0 Å². The Bertz CT molecular complexity index is 480. The number of anilines is 2. The fourth-order valence-corrected chi connectivity index (χ4v) is 1.77. The van der Waals surface area contributed by atoms with Crippen LogP contribution in [0, 0.1) is 5.82 Å². The van der Waals surface area contributed by atoms with Crippen molar-refractivity contribution in [3.63, 3.8) is 0 Å². The highest BCUT2D eigenvalue weighted by atomic mass is 19.1. The number of halogens is 1. The van der Waals surface area contributed by atoms with Gasteiger partial charge in [-0.2, -0.15) is 0 Å². The Hall–Kier alpha value is -1.62. The minimum absolute atomic E-state index is 0.183. The molecule has 20 heavy (non-hydrogen) atoms. The highest BCUT2D eigenvalue weighted by Gasteiger charge is 2.17. The molecule has 0 unspecified atom stereocenters. The van der Waals surface area contributed by atoms with Gasteiger partial charge in [0.1, 0.15) is 5.82 Å². The molecular weight excluding hydrogens is 257 g/mol. The maximum atomic E-state index is 14.0. The van der Waals surface area contributed by atoms with Crippen molar-refractivity contribution < 1.29 is 9.18 Å². The van der Waals surface area contributed by atoms with E-state index in [1.165, 1.54) is 6.07 Å². The predicted octanol–water partition coefficient (Wildman–Crippen LogP) is 2.74. The van der Waals surface area contributed by atoms with Gasteiger partial charge in [0.05, 0.1) is 5.69 Å². The summed E-state index contributed by atoms with van der Waals surface area (Å²) in [5.74, 6) is -0.576. The lowest BCUT2D eigenvalue weighted by molar-refractivity contribution is -0.117. The third kappa shape index (κ3) is 4.81. The summed E-state index contributed by atoms with van der Waals surface area (Å²) in [7, 11) is 1.83. The van der Waals surface area contributed by atoms with Crippen molar-refractivity contribution in [3.05, 3.63) is 24.0 Å². The molecule has 3 N–H and O–H groups in total. The highest BCUT2D eigenvalue weighted by Crippen LogP contribution is 2.23. The molecule has 0 atom stereocenters. The van der Waals surface area contributed by atoms with Gasteiger partial charge in [-0.15, -0.1) is 0 Å². The molecule has 0 spiro atoms. The summed E-state index contributed by atoms with van der Waals surface area (Å²) in [6.45, 7) is 7.51. The number of hydrogen-bond acceptors (Lipinski definition) is 3. The number of nitrogens with zero attached hydrogens (tertiary/aromatic N) is 1. The van der Waals surface area contributed by atoms with Crippen molar-refractivity contribution in [3.8, 4) is 0 Å². The molecule has 4 nitrogen and oxygen atoms in total. The molecule has 0 aliphatic heterocycles. The Kier molecular flexibility index (Phi) is 5.11. The second kappa shape index (κ2) is 6.22. The van der Waals surface area contributed by atoms with E-state index in [0.29, 0.717) is 11.4 Å². The first kappa shape index (κ1) is 16.4. The lowest BCUT2D eigenvalue weighted by Gasteiger charge is -2.24. The van der Waals surface area contributed by atoms with Crippen LogP contribution >= 0.6 is 0 Å². The van der Waals surface area contributed by atoms with Gasteiger partial charge in [-0.3, -0.25) is 4.79 Å². The number of amides is 1. The van der Waals surface area contributed by atoms with E-state index in [0.717, 1.165) is 0 Å². The van der Waals surface area contributed by atoms with Crippen LogP contribution in [0.4, 0.5) is 15.8 Å². The Morgan fingerprint density at radius 2 is 2.05 bits per heavy atom. The van der Waals surface area contributed by atoms with Gasteiger partial charge in [-0.05, 0) is 45.9 Å². The van der Waals surface area contributed by atoms with Crippen molar-refractivity contribution in [2.75, 3.05) is 17.3 Å².